The van der Waals surface area contributed by atoms with Crippen LogP contribution in [-0.2, 0) is 6.54 Å². The number of fused-ring (bicyclic) bond motifs is 2. The van der Waals surface area contributed by atoms with Crippen molar-refractivity contribution in [3.05, 3.63) is 41.9 Å². The van der Waals surface area contributed by atoms with E-state index in [1.54, 1.807) is 6.20 Å². The Bertz CT molecular complexity index is 750. The van der Waals surface area contributed by atoms with Gasteiger partial charge in [-0.15, -0.1) is 0 Å². The summed E-state index contributed by atoms with van der Waals surface area (Å²) in [6, 6.07) is 8.44. The highest BCUT2D eigenvalue weighted by molar-refractivity contribution is 5.90. The first-order valence-electron chi connectivity index (χ1n) is 6.44. The number of nitrogens with zero attached hydrogens (tertiary/aromatic N) is 3. The molecule has 2 aromatic heterocycles. The van der Waals surface area contributed by atoms with Crippen molar-refractivity contribution in [2.24, 2.45) is 5.73 Å². The van der Waals surface area contributed by atoms with E-state index in [0.717, 1.165) is 16.3 Å². The Morgan fingerprint density at radius 2 is 1.95 bits per heavy atom. The third-order valence-corrected chi connectivity index (χ3v) is 3.28. The van der Waals surface area contributed by atoms with Crippen LogP contribution in [0.25, 0.3) is 21.9 Å². The lowest BCUT2D eigenvalue weighted by atomic mass is 10.0. The zero-order chi connectivity index (χ0) is 13.4. The highest BCUT2D eigenvalue weighted by atomic mass is 14.9. The molecule has 2 heterocycles. The molecule has 0 atom stereocenters. The Kier molecular flexibility index (Phi) is 2.87. The van der Waals surface area contributed by atoms with Gasteiger partial charge in [0.2, 0.25) is 0 Å². The maximum Gasteiger partial charge on any atom is 0.163 e. The molecule has 2 N–H and O–H groups in total. The molecule has 0 radical (unpaired) electrons. The molecule has 0 saturated carbocycles. The Morgan fingerprint density at radius 3 is 2.68 bits per heavy atom. The number of hydrogen-bond donors (Lipinski definition) is 1. The highest BCUT2D eigenvalue weighted by Crippen LogP contribution is 2.22. The van der Waals surface area contributed by atoms with E-state index in [0.29, 0.717) is 23.9 Å². The van der Waals surface area contributed by atoms with Crippen LogP contribution in [0.5, 0.6) is 0 Å². The molecule has 0 amide bonds. The second-order valence-electron chi connectivity index (χ2n) is 5.00. The van der Waals surface area contributed by atoms with Crippen molar-refractivity contribution in [2.45, 2.75) is 26.3 Å². The Morgan fingerprint density at radius 1 is 1.11 bits per heavy atom. The standard InChI is InChI=1S/C15H16N4/c1-9(2)10-3-4-13-11(5-10)6-12-8-17-14(7-16)19-15(12)18-13/h3-6,8-9H,7,16H2,1-2H3. The predicted molar refractivity (Wildman–Crippen MR) is 76.8 cm³/mol. The maximum absolute atomic E-state index is 5.55. The molecule has 1 aromatic carbocycles. The first-order valence-corrected chi connectivity index (χ1v) is 6.44. The van der Waals surface area contributed by atoms with Gasteiger partial charge in [-0.25, -0.2) is 15.0 Å². The summed E-state index contributed by atoms with van der Waals surface area (Å²) in [5.74, 6) is 1.13. The van der Waals surface area contributed by atoms with Gasteiger partial charge in [0.1, 0.15) is 5.82 Å². The molecule has 0 aliphatic rings. The van der Waals surface area contributed by atoms with E-state index in [-0.39, 0.29) is 0 Å². The van der Waals surface area contributed by atoms with E-state index >= 15 is 0 Å². The summed E-state index contributed by atoms with van der Waals surface area (Å²) in [7, 11) is 0. The summed E-state index contributed by atoms with van der Waals surface area (Å²) in [4.78, 5) is 13.1. The molecular formula is C15H16N4. The molecule has 96 valence electrons. The molecule has 0 aliphatic heterocycles. The van der Waals surface area contributed by atoms with Crippen molar-refractivity contribution >= 4 is 21.9 Å². The van der Waals surface area contributed by atoms with Crippen LogP contribution in [0.2, 0.25) is 0 Å². The number of aromatic nitrogens is 3. The van der Waals surface area contributed by atoms with Crippen LogP contribution in [0.4, 0.5) is 0 Å². The molecule has 0 aliphatic carbocycles. The first kappa shape index (κ1) is 12.0. The quantitative estimate of drug-likeness (QED) is 0.712. The number of benzene rings is 1. The van der Waals surface area contributed by atoms with E-state index in [9.17, 15) is 0 Å². The number of hydrogen-bond acceptors (Lipinski definition) is 4. The lowest BCUT2D eigenvalue weighted by Crippen LogP contribution is -2.03. The molecule has 19 heavy (non-hydrogen) atoms. The molecular weight excluding hydrogens is 236 g/mol. The summed E-state index contributed by atoms with van der Waals surface area (Å²) < 4.78 is 0. The van der Waals surface area contributed by atoms with Gasteiger partial charge in [-0.3, -0.25) is 0 Å². The third kappa shape index (κ3) is 2.15. The Balaban J connectivity index is 2.25. The maximum atomic E-state index is 5.55. The van der Waals surface area contributed by atoms with Gasteiger partial charge in [0.05, 0.1) is 12.1 Å². The average Bonchev–Trinajstić information content (AvgIpc) is 2.43. The second kappa shape index (κ2) is 4.55. The fourth-order valence-corrected chi connectivity index (χ4v) is 2.14. The zero-order valence-corrected chi connectivity index (χ0v) is 11.1. The second-order valence-corrected chi connectivity index (χ2v) is 5.00. The van der Waals surface area contributed by atoms with Crippen molar-refractivity contribution < 1.29 is 0 Å². The smallest absolute Gasteiger partial charge is 0.163 e. The van der Waals surface area contributed by atoms with Gasteiger partial charge < -0.3 is 5.73 Å². The molecule has 0 spiro atoms. The topological polar surface area (TPSA) is 64.7 Å². The minimum atomic E-state index is 0.335. The van der Waals surface area contributed by atoms with E-state index < -0.39 is 0 Å². The molecule has 0 unspecified atom stereocenters. The minimum Gasteiger partial charge on any atom is -0.324 e. The number of pyridine rings is 1. The fraction of sp³-hybridized carbons (Fsp3) is 0.267. The monoisotopic (exact) mass is 252 g/mol. The zero-order valence-electron chi connectivity index (χ0n) is 11.1. The SMILES string of the molecule is CC(C)c1ccc2nc3nc(CN)ncc3cc2c1. The first-order chi connectivity index (χ1) is 9.17. The molecule has 4 heteroatoms. The van der Waals surface area contributed by atoms with Gasteiger partial charge in [0.25, 0.3) is 0 Å². The van der Waals surface area contributed by atoms with Gasteiger partial charge in [0, 0.05) is 17.0 Å². The summed E-state index contributed by atoms with van der Waals surface area (Å²) in [5, 5.41) is 2.08. The third-order valence-electron chi connectivity index (χ3n) is 3.28. The number of nitrogens with two attached hydrogens (primary N) is 1. The van der Waals surface area contributed by atoms with Gasteiger partial charge in [0.15, 0.2) is 5.65 Å². The van der Waals surface area contributed by atoms with Crippen molar-refractivity contribution in [1.82, 2.24) is 15.0 Å². The molecule has 4 nitrogen and oxygen atoms in total. The summed E-state index contributed by atoms with van der Waals surface area (Å²) >= 11 is 0. The van der Waals surface area contributed by atoms with Crippen molar-refractivity contribution in [1.29, 1.82) is 0 Å². The summed E-state index contributed by atoms with van der Waals surface area (Å²) in [6.07, 6.45) is 1.79. The molecule has 0 bridgehead atoms. The van der Waals surface area contributed by atoms with E-state index in [1.165, 1.54) is 5.56 Å². The predicted octanol–water partition coefficient (Wildman–Crippen LogP) is 2.76. The van der Waals surface area contributed by atoms with Crippen molar-refractivity contribution in [3.63, 3.8) is 0 Å². The van der Waals surface area contributed by atoms with Crippen LogP contribution in [-0.4, -0.2) is 15.0 Å². The van der Waals surface area contributed by atoms with Crippen molar-refractivity contribution in [2.75, 3.05) is 0 Å². The highest BCUT2D eigenvalue weighted by Gasteiger charge is 2.05. The minimum absolute atomic E-state index is 0.335. The average molecular weight is 252 g/mol. The van der Waals surface area contributed by atoms with Crippen molar-refractivity contribution in [3.8, 4) is 0 Å². The normalized spacial score (nSPS) is 11.6. The van der Waals surface area contributed by atoms with E-state index in [2.05, 4.69) is 47.0 Å². The van der Waals surface area contributed by atoms with Crippen LogP contribution in [0.15, 0.2) is 30.5 Å². The van der Waals surface area contributed by atoms with Crippen LogP contribution >= 0.6 is 0 Å². The molecule has 0 fully saturated rings. The van der Waals surface area contributed by atoms with Gasteiger partial charge >= 0.3 is 0 Å². The lowest BCUT2D eigenvalue weighted by molar-refractivity contribution is 0.868. The van der Waals surface area contributed by atoms with Gasteiger partial charge in [-0.1, -0.05) is 19.9 Å². The molecule has 3 rings (SSSR count). The van der Waals surface area contributed by atoms with Gasteiger partial charge in [-0.05, 0) is 29.7 Å². The number of rotatable bonds is 2. The molecule has 0 saturated heterocycles. The van der Waals surface area contributed by atoms with Gasteiger partial charge in [-0.2, -0.15) is 0 Å². The summed E-state index contributed by atoms with van der Waals surface area (Å²) in [5.41, 5.74) is 8.53. The van der Waals surface area contributed by atoms with E-state index in [4.69, 9.17) is 5.73 Å². The lowest BCUT2D eigenvalue weighted by Gasteiger charge is -2.07. The fourth-order valence-electron chi connectivity index (χ4n) is 2.14. The molecule has 3 aromatic rings. The Hall–Kier alpha value is -2.07. The van der Waals surface area contributed by atoms with Crippen LogP contribution in [0.1, 0.15) is 31.2 Å². The van der Waals surface area contributed by atoms with Crippen LogP contribution in [0.3, 0.4) is 0 Å². The van der Waals surface area contributed by atoms with E-state index in [1.807, 2.05) is 6.07 Å². The Labute approximate surface area is 111 Å². The summed E-state index contributed by atoms with van der Waals surface area (Å²) in [6.45, 7) is 4.71. The van der Waals surface area contributed by atoms with Crippen LogP contribution in [0, 0.1) is 0 Å². The largest absolute Gasteiger partial charge is 0.324 e. The van der Waals surface area contributed by atoms with Crippen LogP contribution < -0.4 is 5.73 Å².